The molecule has 1 aromatic carbocycles. The number of benzene rings is 1. The van der Waals surface area contributed by atoms with E-state index in [1.165, 1.54) is 19.2 Å². The van der Waals surface area contributed by atoms with Crippen LogP contribution in [0.15, 0.2) is 29.2 Å². The third-order valence-electron chi connectivity index (χ3n) is 16.1. The fourth-order valence-corrected chi connectivity index (χ4v) is 12.3. The molecular formula is C57H98N8O11S. The summed E-state index contributed by atoms with van der Waals surface area (Å²) in [4.78, 5) is 95.8. The number of aliphatic hydroxyl groups is 1. The average molecular weight is 1100 g/mol. The van der Waals surface area contributed by atoms with E-state index in [4.69, 9.17) is 4.74 Å². The highest BCUT2D eigenvalue weighted by Crippen LogP contribution is 2.66. The number of hydrogen-bond donors (Lipinski definition) is 7. The Morgan fingerprint density at radius 2 is 1.10 bits per heavy atom. The molecule has 3 saturated carbocycles. The Labute approximate surface area is 461 Å². The maximum absolute atomic E-state index is 14.2. The zero-order valence-corrected chi connectivity index (χ0v) is 48.8. The lowest BCUT2D eigenvalue weighted by Gasteiger charge is -2.39. The van der Waals surface area contributed by atoms with Crippen LogP contribution in [0.1, 0.15) is 157 Å². The zero-order chi connectivity index (χ0) is 56.9. The number of fused-ring (bicyclic) bond motifs is 2. The molecule has 3 aliphatic carbocycles. The minimum Gasteiger partial charge on any atom is -0.467 e. The Hall–Kier alpha value is -4.98. The van der Waals surface area contributed by atoms with Gasteiger partial charge in [0.25, 0.3) is 5.91 Å². The van der Waals surface area contributed by atoms with Crippen LogP contribution in [0.3, 0.4) is 0 Å². The normalized spacial score (nSPS) is 24.6. The molecule has 19 nitrogen and oxygen atoms in total. The molecule has 6 unspecified atom stereocenters. The van der Waals surface area contributed by atoms with Gasteiger partial charge in [-0.3, -0.25) is 19.2 Å². The number of likely N-dealkylation sites (tertiary alicyclic amines) is 2. The van der Waals surface area contributed by atoms with Crippen LogP contribution in [0.5, 0.6) is 0 Å². The van der Waals surface area contributed by atoms with Crippen LogP contribution >= 0.6 is 0 Å². The Morgan fingerprint density at radius 1 is 0.688 bits per heavy atom. The van der Waals surface area contributed by atoms with E-state index in [1.54, 1.807) is 21.9 Å². The topological polar surface area (TPSA) is 262 Å². The Kier molecular flexibility index (Phi) is 20.5. The van der Waals surface area contributed by atoms with E-state index in [0.29, 0.717) is 19.5 Å². The second-order valence-corrected chi connectivity index (χ2v) is 29.3. The highest BCUT2D eigenvalue weighted by atomic mass is 32.2. The van der Waals surface area contributed by atoms with Crippen LogP contribution in [0.4, 0.5) is 9.59 Å². The fraction of sp³-hybridized carbons (Fsp3) is 0.772. The van der Waals surface area contributed by atoms with Crippen molar-refractivity contribution in [3.63, 3.8) is 0 Å². The Balaban J connectivity index is 0.000000458. The predicted molar refractivity (Wildman–Crippen MR) is 299 cm³/mol. The lowest BCUT2D eigenvalue weighted by Crippen LogP contribution is -2.62. The number of piperidine rings is 2. The van der Waals surface area contributed by atoms with Gasteiger partial charge in [0.05, 0.1) is 18.0 Å². The van der Waals surface area contributed by atoms with Crippen molar-refractivity contribution in [3.8, 4) is 0 Å². The summed E-state index contributed by atoms with van der Waals surface area (Å²) in [5.41, 5.74) is -1.39. The quantitative estimate of drug-likeness (QED) is 0.102. The second kappa shape index (κ2) is 23.8. The van der Waals surface area contributed by atoms with Gasteiger partial charge in [0.15, 0.2) is 15.9 Å². The van der Waals surface area contributed by atoms with E-state index < -0.39 is 97.8 Å². The number of rotatable bonds is 14. The number of aryl methyl sites for hydroxylation is 1. The van der Waals surface area contributed by atoms with Crippen molar-refractivity contribution in [3.05, 3.63) is 29.8 Å². The molecule has 10 atom stereocenters. The molecule has 5 fully saturated rings. The molecule has 20 heteroatoms. The number of carbonyl (C=O) groups is 7. The summed E-state index contributed by atoms with van der Waals surface area (Å²) >= 11 is 0. The summed E-state index contributed by atoms with van der Waals surface area (Å²) < 4.78 is 30.7. The van der Waals surface area contributed by atoms with Gasteiger partial charge in [0.2, 0.25) is 17.7 Å². The molecule has 2 aliphatic heterocycles. The maximum Gasteiger partial charge on any atom is 0.328 e. The smallest absolute Gasteiger partial charge is 0.328 e. The van der Waals surface area contributed by atoms with Gasteiger partial charge in [-0.05, 0) is 112 Å². The molecular weight excluding hydrogens is 1000 g/mol. The van der Waals surface area contributed by atoms with E-state index in [-0.39, 0.29) is 78.0 Å². The lowest BCUT2D eigenvalue weighted by atomic mass is 9.79. The standard InChI is InChI=1S/C35H55N5O7S.C20H35N3O4.2CH4/c1-20-13-15-22(16-14-20)48(46,47)19-36-30(43)27(41)24(17-21-11-10-12-21)37-29(42)26-25-23(35(25,8)9)18-40(26)31(44)28(33(2,3)4)38-32(45)39-34(5,6)7;1-18(2,3)14(21-17(26)22-19(4,5)6)15(24)23-10-11-12(20(11,7)8)13(23)16(25)27-9;;/h13-16,21,23-28,41H,10-12,17-19H2,1-9H3,(H,36,43)(H,37,42)(H2,38,39,45);11-14H,10H2,1-9H3,(H2,21,22,26);2*1H4/t23?,24?,25?,26-,27?,28+;11?,12?,13-,14+;;/m00../s1. The summed E-state index contributed by atoms with van der Waals surface area (Å²) in [6.45, 7) is 33.5. The van der Waals surface area contributed by atoms with Crippen LogP contribution < -0.4 is 31.9 Å². The number of amides is 8. The molecule has 2 saturated heterocycles. The van der Waals surface area contributed by atoms with Crippen molar-refractivity contribution < 1.29 is 51.8 Å². The number of nitrogens with zero attached hydrogens (tertiary/aromatic N) is 2. The molecule has 0 spiro atoms. The summed E-state index contributed by atoms with van der Waals surface area (Å²) in [6, 6.07) is 1.27. The SMILES string of the molecule is C.C.COC(=O)[C@@H]1C2C(CN1C(=O)[C@@H](NC(=O)NC(C)(C)C)C(C)(C)C)C2(C)C.Cc1ccc(S(=O)(=O)CNC(=O)C(O)C(CC2CCC2)NC(=O)[C@@H]2C3C(CN2C(=O)[C@@H](NC(=O)NC(C)(C)C)C(C)(C)C)C3(C)C)cc1. The molecule has 7 N–H and O–H groups in total. The van der Waals surface area contributed by atoms with E-state index >= 15 is 0 Å². The molecule has 0 bridgehead atoms. The lowest BCUT2D eigenvalue weighted by molar-refractivity contribution is -0.154. The summed E-state index contributed by atoms with van der Waals surface area (Å²) in [5, 5.41) is 27.8. The van der Waals surface area contributed by atoms with Crippen LogP contribution in [0, 0.1) is 58.2 Å². The van der Waals surface area contributed by atoms with Crippen molar-refractivity contribution in [2.24, 2.45) is 51.2 Å². The number of sulfone groups is 1. The summed E-state index contributed by atoms with van der Waals surface area (Å²) in [6.07, 6.45) is 1.42. The first-order valence-corrected chi connectivity index (χ1v) is 28.2. The number of ether oxygens (including phenoxy) is 1. The van der Waals surface area contributed by atoms with Gasteiger partial charge in [0, 0.05) is 30.1 Å². The summed E-state index contributed by atoms with van der Waals surface area (Å²) in [7, 11) is -2.51. The van der Waals surface area contributed by atoms with Gasteiger partial charge in [-0.2, -0.15) is 0 Å². The highest BCUT2D eigenvalue weighted by Gasteiger charge is 2.71. The number of nitrogens with one attached hydrogen (secondary N) is 6. The largest absolute Gasteiger partial charge is 0.467 e. The Bertz CT molecular complexity index is 2430. The molecule has 0 aromatic heterocycles. The van der Waals surface area contributed by atoms with Gasteiger partial charge < -0.3 is 51.5 Å². The number of hydrogen-bond acceptors (Lipinski definition) is 11. The fourth-order valence-electron chi connectivity index (χ4n) is 11.3. The van der Waals surface area contributed by atoms with Gasteiger partial charge >= 0.3 is 18.0 Å². The van der Waals surface area contributed by atoms with Crippen molar-refractivity contribution in [1.82, 2.24) is 41.7 Å². The highest BCUT2D eigenvalue weighted by molar-refractivity contribution is 7.91. The monoisotopic (exact) mass is 1100 g/mol. The molecule has 5 aliphatic rings. The van der Waals surface area contributed by atoms with Crippen LogP contribution in [-0.4, -0.2) is 138 Å². The Morgan fingerprint density at radius 3 is 1.48 bits per heavy atom. The molecule has 0 radical (unpaired) electrons. The minimum atomic E-state index is -3.86. The van der Waals surface area contributed by atoms with Gasteiger partial charge in [-0.25, -0.2) is 22.8 Å². The van der Waals surface area contributed by atoms with E-state index in [9.17, 15) is 47.1 Å². The van der Waals surface area contributed by atoms with Crippen molar-refractivity contribution in [1.29, 1.82) is 0 Å². The summed E-state index contributed by atoms with van der Waals surface area (Å²) in [5.74, 6) is -2.54. The predicted octanol–water partition coefficient (Wildman–Crippen LogP) is 6.30. The zero-order valence-electron chi connectivity index (χ0n) is 47.9. The van der Waals surface area contributed by atoms with Crippen molar-refractivity contribution >= 4 is 51.5 Å². The number of esters is 1. The minimum absolute atomic E-state index is 0. The van der Waals surface area contributed by atoms with Crippen LogP contribution in [0.2, 0.25) is 0 Å². The molecule has 1 aromatic rings. The third-order valence-corrected chi connectivity index (χ3v) is 17.6. The first-order chi connectivity index (χ1) is 34.1. The molecule has 2 heterocycles. The van der Waals surface area contributed by atoms with E-state index in [2.05, 4.69) is 59.6 Å². The van der Waals surface area contributed by atoms with E-state index in [1.807, 2.05) is 90.0 Å². The van der Waals surface area contributed by atoms with Crippen molar-refractivity contribution in [2.75, 3.05) is 26.1 Å². The molecule has 8 amide bonds. The number of urea groups is 2. The average Bonchev–Trinajstić information content (AvgIpc) is 3.70. The molecule has 77 heavy (non-hydrogen) atoms. The molecule has 438 valence electrons. The van der Waals surface area contributed by atoms with Gasteiger partial charge in [0.1, 0.15) is 30.0 Å². The van der Waals surface area contributed by atoms with Crippen LogP contribution in [-0.2, 0) is 38.5 Å². The van der Waals surface area contributed by atoms with Gasteiger partial charge in [-0.15, -0.1) is 0 Å². The van der Waals surface area contributed by atoms with Crippen LogP contribution in [0.25, 0.3) is 0 Å². The van der Waals surface area contributed by atoms with E-state index in [0.717, 1.165) is 24.8 Å². The number of methoxy groups -OCH3 is 1. The first kappa shape index (κ1) is 66.3. The third kappa shape index (κ3) is 15.7. The van der Waals surface area contributed by atoms with Crippen molar-refractivity contribution in [2.45, 2.75) is 211 Å². The molecule has 6 rings (SSSR count). The first-order valence-electron chi connectivity index (χ1n) is 26.6. The van der Waals surface area contributed by atoms with Gasteiger partial charge in [-0.1, -0.05) is 121 Å². The number of carbonyl (C=O) groups excluding carboxylic acids is 7. The maximum atomic E-state index is 14.2. The number of aliphatic hydroxyl groups excluding tert-OH is 1. The second-order valence-electron chi connectivity index (χ2n) is 27.3.